The van der Waals surface area contributed by atoms with Crippen LogP contribution in [-0.2, 0) is 21.4 Å². The fourth-order valence-corrected chi connectivity index (χ4v) is 2.67. The summed E-state index contributed by atoms with van der Waals surface area (Å²) in [5.41, 5.74) is 1.29. The van der Waals surface area contributed by atoms with Gasteiger partial charge in [-0.15, -0.1) is 0 Å². The van der Waals surface area contributed by atoms with E-state index in [1.54, 1.807) is 31.5 Å². The van der Waals surface area contributed by atoms with Gasteiger partial charge < -0.3 is 9.26 Å². The Kier molecular flexibility index (Phi) is 4.78. The number of carbonyl (C=O) groups excluding carboxylic acids is 1. The van der Waals surface area contributed by atoms with Crippen LogP contribution in [0.5, 0.6) is 0 Å². The summed E-state index contributed by atoms with van der Waals surface area (Å²) in [6, 6.07) is 7.45. The highest BCUT2D eigenvalue weighted by Gasteiger charge is 2.17. The molecule has 1 aromatic carbocycles. The standard InChI is InChI=1S/C16H14N4O5S/c1-10-4-5-12(26(17,22)23)7-13(10)16(21)24-9-14-19-15(20-25-14)11-3-2-6-18-8-11/h2-8H,9H2,1H3,(H2,17,22,23). The quantitative estimate of drug-likeness (QED) is 0.662. The fourth-order valence-electron chi connectivity index (χ4n) is 2.13. The van der Waals surface area contributed by atoms with Gasteiger partial charge in [0.25, 0.3) is 5.89 Å². The molecule has 0 aliphatic rings. The molecule has 0 aliphatic heterocycles. The highest BCUT2D eigenvalue weighted by atomic mass is 32.2. The average molecular weight is 374 g/mol. The lowest BCUT2D eigenvalue weighted by atomic mass is 10.1. The molecule has 2 aromatic heterocycles. The van der Waals surface area contributed by atoms with Gasteiger partial charge in [-0.1, -0.05) is 11.2 Å². The maximum absolute atomic E-state index is 12.2. The SMILES string of the molecule is Cc1ccc(S(N)(=O)=O)cc1C(=O)OCc1nc(-c2cccnc2)no1. The Morgan fingerprint density at radius 3 is 2.81 bits per heavy atom. The van der Waals surface area contributed by atoms with Crippen LogP contribution in [0.1, 0.15) is 21.8 Å². The number of pyridine rings is 1. The van der Waals surface area contributed by atoms with E-state index in [9.17, 15) is 13.2 Å². The Balaban J connectivity index is 1.73. The van der Waals surface area contributed by atoms with E-state index in [0.29, 0.717) is 17.0 Å². The summed E-state index contributed by atoms with van der Waals surface area (Å²) in [6.45, 7) is 1.39. The van der Waals surface area contributed by atoms with Crippen molar-refractivity contribution < 1.29 is 22.5 Å². The Morgan fingerprint density at radius 1 is 1.31 bits per heavy atom. The van der Waals surface area contributed by atoms with Crippen LogP contribution in [0, 0.1) is 6.92 Å². The molecule has 26 heavy (non-hydrogen) atoms. The molecule has 0 fully saturated rings. The lowest BCUT2D eigenvalue weighted by Crippen LogP contribution is -2.14. The monoisotopic (exact) mass is 374 g/mol. The van der Waals surface area contributed by atoms with Crippen LogP contribution in [0.3, 0.4) is 0 Å². The third-order valence-electron chi connectivity index (χ3n) is 3.47. The Labute approximate surface area is 148 Å². The Morgan fingerprint density at radius 2 is 2.12 bits per heavy atom. The van der Waals surface area contributed by atoms with E-state index in [4.69, 9.17) is 14.4 Å². The number of ether oxygens (including phenoxy) is 1. The molecule has 0 aliphatic carbocycles. The lowest BCUT2D eigenvalue weighted by Gasteiger charge is -2.07. The molecule has 3 aromatic rings. The van der Waals surface area contributed by atoms with Gasteiger partial charge in [0.15, 0.2) is 6.61 Å². The van der Waals surface area contributed by atoms with Crippen LogP contribution >= 0.6 is 0 Å². The van der Waals surface area contributed by atoms with Crippen molar-refractivity contribution >= 4 is 16.0 Å². The van der Waals surface area contributed by atoms with Crippen LogP contribution in [-0.4, -0.2) is 29.5 Å². The topological polar surface area (TPSA) is 138 Å². The lowest BCUT2D eigenvalue weighted by molar-refractivity contribution is 0.0428. The average Bonchev–Trinajstić information content (AvgIpc) is 3.09. The minimum absolute atomic E-state index is 0.0866. The summed E-state index contributed by atoms with van der Waals surface area (Å²) in [6.07, 6.45) is 3.19. The van der Waals surface area contributed by atoms with E-state index in [1.165, 1.54) is 18.2 Å². The number of sulfonamides is 1. The summed E-state index contributed by atoms with van der Waals surface area (Å²) >= 11 is 0. The number of esters is 1. The van der Waals surface area contributed by atoms with Gasteiger partial charge in [-0.3, -0.25) is 4.98 Å². The summed E-state index contributed by atoms with van der Waals surface area (Å²) < 4.78 is 33.0. The molecule has 0 saturated heterocycles. The van der Waals surface area contributed by atoms with Gasteiger partial charge in [-0.25, -0.2) is 18.4 Å². The van der Waals surface area contributed by atoms with Crippen LogP contribution in [0.15, 0.2) is 52.1 Å². The number of nitrogens with two attached hydrogens (primary N) is 1. The van der Waals surface area contributed by atoms with Gasteiger partial charge in [-0.05, 0) is 36.8 Å². The summed E-state index contributed by atoms with van der Waals surface area (Å²) in [5, 5.41) is 8.87. The number of hydrogen-bond acceptors (Lipinski definition) is 8. The number of carbonyl (C=O) groups is 1. The molecule has 134 valence electrons. The predicted molar refractivity (Wildman–Crippen MR) is 89.2 cm³/mol. The molecule has 10 heteroatoms. The number of primary sulfonamides is 1. The predicted octanol–water partition coefficient (Wildman–Crippen LogP) is 1.44. The van der Waals surface area contributed by atoms with Crippen LogP contribution < -0.4 is 5.14 Å². The maximum Gasteiger partial charge on any atom is 0.338 e. The number of hydrogen-bond donors (Lipinski definition) is 1. The summed E-state index contributed by atoms with van der Waals surface area (Å²) in [4.78, 5) is 20.1. The molecule has 0 unspecified atom stereocenters. The van der Waals surface area contributed by atoms with E-state index < -0.39 is 16.0 Å². The van der Waals surface area contributed by atoms with Crippen LogP contribution in [0.2, 0.25) is 0 Å². The zero-order valence-corrected chi connectivity index (χ0v) is 14.4. The number of aromatic nitrogens is 3. The molecular formula is C16H14N4O5S. The molecule has 0 radical (unpaired) electrons. The Bertz CT molecular complexity index is 1050. The zero-order valence-electron chi connectivity index (χ0n) is 13.6. The van der Waals surface area contributed by atoms with Crippen molar-refractivity contribution in [1.29, 1.82) is 0 Å². The molecule has 0 atom stereocenters. The largest absolute Gasteiger partial charge is 0.452 e. The van der Waals surface area contributed by atoms with Crippen molar-refractivity contribution in [2.75, 3.05) is 0 Å². The first-order chi connectivity index (χ1) is 12.3. The molecule has 9 nitrogen and oxygen atoms in total. The Hall–Kier alpha value is -3.11. The number of nitrogens with zero attached hydrogens (tertiary/aromatic N) is 3. The first-order valence-electron chi connectivity index (χ1n) is 7.38. The van der Waals surface area contributed by atoms with Crippen molar-refractivity contribution in [3.63, 3.8) is 0 Å². The molecule has 0 spiro atoms. The van der Waals surface area contributed by atoms with Crippen molar-refractivity contribution in [2.45, 2.75) is 18.4 Å². The second kappa shape index (κ2) is 7.02. The minimum atomic E-state index is -3.92. The van der Waals surface area contributed by atoms with Crippen molar-refractivity contribution in [1.82, 2.24) is 15.1 Å². The van der Waals surface area contributed by atoms with Gasteiger partial charge >= 0.3 is 5.97 Å². The number of rotatable bonds is 5. The number of aryl methyl sites for hydroxylation is 1. The summed E-state index contributed by atoms with van der Waals surface area (Å²) in [7, 11) is -3.92. The number of benzene rings is 1. The first kappa shape index (κ1) is 17.7. The molecule has 0 saturated carbocycles. The normalized spacial score (nSPS) is 11.3. The second-order valence-corrected chi connectivity index (χ2v) is 6.91. The van der Waals surface area contributed by atoms with Gasteiger partial charge in [-0.2, -0.15) is 4.98 Å². The van der Waals surface area contributed by atoms with E-state index in [0.717, 1.165) is 0 Å². The van der Waals surface area contributed by atoms with E-state index in [2.05, 4.69) is 15.1 Å². The van der Waals surface area contributed by atoms with Gasteiger partial charge in [0.05, 0.1) is 10.5 Å². The van der Waals surface area contributed by atoms with E-state index in [-0.39, 0.29) is 23.0 Å². The molecule has 2 N–H and O–H groups in total. The first-order valence-corrected chi connectivity index (χ1v) is 8.93. The van der Waals surface area contributed by atoms with E-state index in [1.807, 2.05) is 0 Å². The molecule has 0 bridgehead atoms. The molecule has 3 rings (SSSR count). The highest BCUT2D eigenvalue weighted by Crippen LogP contribution is 2.17. The zero-order chi connectivity index (χ0) is 18.7. The minimum Gasteiger partial charge on any atom is -0.452 e. The molecule has 2 heterocycles. The van der Waals surface area contributed by atoms with Gasteiger partial charge in [0.1, 0.15) is 0 Å². The molecule has 0 amide bonds. The third-order valence-corrected chi connectivity index (χ3v) is 4.38. The van der Waals surface area contributed by atoms with Gasteiger partial charge in [0.2, 0.25) is 15.8 Å². The smallest absolute Gasteiger partial charge is 0.338 e. The highest BCUT2D eigenvalue weighted by molar-refractivity contribution is 7.89. The van der Waals surface area contributed by atoms with E-state index >= 15 is 0 Å². The fraction of sp³-hybridized carbons (Fsp3) is 0.125. The molecular weight excluding hydrogens is 360 g/mol. The summed E-state index contributed by atoms with van der Waals surface area (Å²) in [5.74, 6) is -0.317. The van der Waals surface area contributed by atoms with Crippen molar-refractivity contribution in [3.8, 4) is 11.4 Å². The van der Waals surface area contributed by atoms with Gasteiger partial charge in [0, 0.05) is 18.0 Å². The van der Waals surface area contributed by atoms with Crippen LogP contribution in [0.25, 0.3) is 11.4 Å². The second-order valence-electron chi connectivity index (χ2n) is 5.35. The third kappa shape index (κ3) is 3.92. The maximum atomic E-state index is 12.2. The van der Waals surface area contributed by atoms with Crippen molar-refractivity contribution in [3.05, 3.63) is 59.7 Å². The van der Waals surface area contributed by atoms with Crippen molar-refractivity contribution in [2.24, 2.45) is 5.14 Å². The van der Waals surface area contributed by atoms with Crippen LogP contribution in [0.4, 0.5) is 0 Å².